The number of carbonyl (C=O) groups is 3. The second kappa shape index (κ2) is 14.9. The normalized spacial score (nSPS) is 14.3. The molecular weight excluding hydrogens is 504 g/mol. The fraction of sp³-hybridized carbons (Fsp3) is 0.364. The van der Waals surface area contributed by atoms with Gasteiger partial charge in [0.15, 0.2) is 0 Å². The van der Waals surface area contributed by atoms with E-state index in [1.807, 2.05) is 89.8 Å². The average Bonchev–Trinajstić information content (AvgIpc) is 3.00. The average molecular weight is 543 g/mol. The zero-order valence-electron chi connectivity index (χ0n) is 23.1. The van der Waals surface area contributed by atoms with E-state index in [1.54, 1.807) is 0 Å². The molecule has 1 aliphatic heterocycles. The minimum Gasteiger partial charge on any atom is -0.489 e. The van der Waals surface area contributed by atoms with Crippen LogP contribution in [0.1, 0.15) is 42.4 Å². The first kappa shape index (κ1) is 28.9. The first-order chi connectivity index (χ1) is 19.5. The van der Waals surface area contributed by atoms with E-state index in [1.165, 1.54) is 7.11 Å². The Hall–Kier alpha value is -4.13. The lowest BCUT2D eigenvalue weighted by Gasteiger charge is -2.32. The molecule has 1 aliphatic rings. The number of methoxy groups -OCH3 is 1. The second-order valence-electron chi connectivity index (χ2n) is 10.3. The third-order valence-electron chi connectivity index (χ3n) is 7.34. The van der Waals surface area contributed by atoms with Crippen molar-refractivity contribution < 1.29 is 23.9 Å². The van der Waals surface area contributed by atoms with E-state index >= 15 is 0 Å². The molecule has 0 saturated carbocycles. The molecule has 7 nitrogen and oxygen atoms in total. The van der Waals surface area contributed by atoms with E-state index in [9.17, 15) is 14.4 Å². The minimum atomic E-state index is -0.770. The van der Waals surface area contributed by atoms with Crippen molar-refractivity contribution in [1.82, 2.24) is 10.2 Å². The predicted molar refractivity (Wildman–Crippen MR) is 154 cm³/mol. The Morgan fingerprint density at radius 2 is 1.48 bits per heavy atom. The Kier molecular flexibility index (Phi) is 10.7. The van der Waals surface area contributed by atoms with E-state index in [0.717, 1.165) is 41.7 Å². The molecule has 0 spiro atoms. The lowest BCUT2D eigenvalue weighted by Crippen LogP contribution is -2.44. The van der Waals surface area contributed by atoms with Crippen LogP contribution in [0.2, 0.25) is 0 Å². The highest BCUT2D eigenvalue weighted by Crippen LogP contribution is 2.22. The number of hydrogen-bond donors (Lipinski definition) is 1. The number of nitrogens with zero attached hydrogens (tertiary/aromatic N) is 1. The SMILES string of the molecule is COC(=O)[C@@H](Cc1ccc(OCc2ccccc2)cc1)NC(=O)CC1CCN(C(=O)CCc2ccccc2)CC1. The van der Waals surface area contributed by atoms with Crippen LogP contribution in [-0.4, -0.2) is 48.9 Å². The number of rotatable bonds is 12. The fourth-order valence-electron chi connectivity index (χ4n) is 4.99. The summed E-state index contributed by atoms with van der Waals surface area (Å²) in [7, 11) is 1.33. The van der Waals surface area contributed by atoms with Crippen LogP contribution < -0.4 is 10.1 Å². The molecule has 1 N–H and O–H groups in total. The van der Waals surface area contributed by atoms with E-state index in [2.05, 4.69) is 5.32 Å². The summed E-state index contributed by atoms with van der Waals surface area (Å²) in [5.41, 5.74) is 3.14. The molecule has 7 heteroatoms. The monoisotopic (exact) mass is 542 g/mol. The van der Waals surface area contributed by atoms with Gasteiger partial charge in [-0.25, -0.2) is 4.79 Å². The van der Waals surface area contributed by atoms with Crippen molar-refractivity contribution in [3.05, 3.63) is 102 Å². The number of nitrogens with one attached hydrogen (secondary N) is 1. The van der Waals surface area contributed by atoms with Gasteiger partial charge in [0.1, 0.15) is 18.4 Å². The number of benzene rings is 3. The van der Waals surface area contributed by atoms with Crippen LogP contribution in [0.15, 0.2) is 84.9 Å². The first-order valence-electron chi connectivity index (χ1n) is 13.9. The van der Waals surface area contributed by atoms with Crippen LogP contribution in [0.4, 0.5) is 0 Å². The molecule has 210 valence electrons. The summed E-state index contributed by atoms with van der Waals surface area (Å²) in [6.45, 7) is 1.79. The van der Waals surface area contributed by atoms with Gasteiger partial charge in [-0.15, -0.1) is 0 Å². The van der Waals surface area contributed by atoms with Gasteiger partial charge in [-0.2, -0.15) is 0 Å². The maximum absolute atomic E-state index is 12.9. The molecule has 3 aromatic carbocycles. The molecule has 1 atom stereocenters. The van der Waals surface area contributed by atoms with E-state index in [0.29, 0.717) is 39.0 Å². The molecular formula is C33H38N2O5. The number of esters is 1. The Bertz CT molecular complexity index is 1220. The van der Waals surface area contributed by atoms with Crippen molar-refractivity contribution in [1.29, 1.82) is 0 Å². The van der Waals surface area contributed by atoms with E-state index < -0.39 is 12.0 Å². The fourth-order valence-corrected chi connectivity index (χ4v) is 4.99. The molecule has 0 bridgehead atoms. The highest BCUT2D eigenvalue weighted by molar-refractivity contribution is 5.84. The molecule has 4 rings (SSSR count). The van der Waals surface area contributed by atoms with Gasteiger partial charge in [-0.1, -0.05) is 72.8 Å². The number of amides is 2. The summed E-state index contributed by atoms with van der Waals surface area (Å²) in [5, 5.41) is 2.87. The van der Waals surface area contributed by atoms with Crippen molar-refractivity contribution in [3.8, 4) is 5.75 Å². The van der Waals surface area contributed by atoms with Gasteiger partial charge < -0.3 is 19.7 Å². The van der Waals surface area contributed by atoms with Crippen LogP contribution in [0.5, 0.6) is 5.75 Å². The highest BCUT2D eigenvalue weighted by Gasteiger charge is 2.27. The minimum absolute atomic E-state index is 0.161. The van der Waals surface area contributed by atoms with Crippen LogP contribution in [0.3, 0.4) is 0 Å². The van der Waals surface area contributed by atoms with Crippen LogP contribution >= 0.6 is 0 Å². The lowest BCUT2D eigenvalue weighted by atomic mass is 9.92. The van der Waals surface area contributed by atoms with E-state index in [-0.39, 0.29) is 17.7 Å². The maximum atomic E-state index is 12.9. The first-order valence-corrected chi connectivity index (χ1v) is 13.9. The van der Waals surface area contributed by atoms with Gasteiger partial charge in [-0.05, 0) is 54.0 Å². The topological polar surface area (TPSA) is 84.9 Å². The zero-order chi connectivity index (χ0) is 28.2. The Morgan fingerprint density at radius 1 is 0.850 bits per heavy atom. The van der Waals surface area contributed by atoms with Crippen molar-refractivity contribution in [2.24, 2.45) is 5.92 Å². The number of likely N-dealkylation sites (tertiary alicyclic amines) is 1. The number of carbonyl (C=O) groups excluding carboxylic acids is 3. The summed E-state index contributed by atoms with van der Waals surface area (Å²) in [5.74, 6) is 0.423. The van der Waals surface area contributed by atoms with Gasteiger partial charge in [0.2, 0.25) is 11.8 Å². The summed E-state index contributed by atoms with van der Waals surface area (Å²) >= 11 is 0. The van der Waals surface area contributed by atoms with Crippen LogP contribution in [0, 0.1) is 5.92 Å². The molecule has 2 amide bonds. The molecule has 1 saturated heterocycles. The molecule has 3 aromatic rings. The number of hydrogen-bond acceptors (Lipinski definition) is 5. The van der Waals surface area contributed by atoms with Gasteiger partial charge in [0.25, 0.3) is 0 Å². The standard InChI is InChI=1S/C33H38N2O5/c1-39-33(38)30(22-26-12-15-29(16-13-26)40-24-28-10-6-3-7-11-28)34-31(36)23-27-18-20-35(21-19-27)32(37)17-14-25-8-4-2-5-9-25/h2-13,15-16,27,30H,14,17-24H2,1H3,(H,34,36)/t30-/m1/s1. The van der Waals surface area contributed by atoms with Gasteiger partial charge in [0, 0.05) is 32.4 Å². The lowest BCUT2D eigenvalue weighted by molar-refractivity contribution is -0.145. The predicted octanol–water partition coefficient (Wildman–Crippen LogP) is 4.73. The Balaban J connectivity index is 1.21. The molecule has 1 heterocycles. The quantitative estimate of drug-likeness (QED) is 0.335. The molecule has 0 unspecified atom stereocenters. The maximum Gasteiger partial charge on any atom is 0.328 e. The third kappa shape index (κ3) is 8.97. The van der Waals surface area contributed by atoms with Crippen molar-refractivity contribution >= 4 is 17.8 Å². The number of ether oxygens (including phenoxy) is 2. The molecule has 0 aliphatic carbocycles. The Morgan fingerprint density at radius 3 is 2.10 bits per heavy atom. The highest BCUT2D eigenvalue weighted by atomic mass is 16.5. The van der Waals surface area contributed by atoms with Crippen molar-refractivity contribution in [2.45, 2.75) is 51.2 Å². The molecule has 0 radical (unpaired) electrons. The van der Waals surface area contributed by atoms with Gasteiger partial charge >= 0.3 is 5.97 Å². The summed E-state index contributed by atoms with van der Waals surface area (Å²) in [4.78, 5) is 39.9. The van der Waals surface area contributed by atoms with Crippen LogP contribution in [-0.2, 0) is 38.6 Å². The smallest absolute Gasteiger partial charge is 0.328 e. The second-order valence-corrected chi connectivity index (χ2v) is 10.3. The summed E-state index contributed by atoms with van der Waals surface area (Å²) in [6.07, 6.45) is 3.43. The van der Waals surface area contributed by atoms with Gasteiger partial charge in [0.05, 0.1) is 7.11 Å². The summed E-state index contributed by atoms with van der Waals surface area (Å²) in [6, 6.07) is 26.7. The summed E-state index contributed by atoms with van der Waals surface area (Å²) < 4.78 is 10.8. The molecule has 0 aromatic heterocycles. The molecule has 40 heavy (non-hydrogen) atoms. The van der Waals surface area contributed by atoms with Crippen LogP contribution in [0.25, 0.3) is 0 Å². The third-order valence-corrected chi connectivity index (χ3v) is 7.34. The van der Waals surface area contributed by atoms with Crippen molar-refractivity contribution in [3.63, 3.8) is 0 Å². The number of piperidine rings is 1. The zero-order valence-corrected chi connectivity index (χ0v) is 23.1. The van der Waals surface area contributed by atoms with E-state index in [4.69, 9.17) is 9.47 Å². The number of aryl methyl sites for hydroxylation is 1. The molecule has 1 fully saturated rings. The van der Waals surface area contributed by atoms with Crippen molar-refractivity contribution in [2.75, 3.05) is 20.2 Å². The largest absolute Gasteiger partial charge is 0.489 e. The van der Waals surface area contributed by atoms with Gasteiger partial charge in [-0.3, -0.25) is 9.59 Å². The Labute approximate surface area is 236 Å².